The van der Waals surface area contributed by atoms with Crippen LogP contribution in [-0.2, 0) is 10.8 Å². The maximum atomic E-state index is 4.55. The first-order valence-electron chi connectivity index (χ1n) is 7.67. The summed E-state index contributed by atoms with van der Waals surface area (Å²) in [4.78, 5) is 0. The molecule has 1 aromatic carbocycles. The van der Waals surface area contributed by atoms with Gasteiger partial charge in [-0.2, -0.15) is 0 Å². The summed E-state index contributed by atoms with van der Waals surface area (Å²) >= 11 is 1.62. The van der Waals surface area contributed by atoms with Crippen LogP contribution in [0.5, 0.6) is 0 Å². The molecule has 0 atom stereocenters. The lowest BCUT2D eigenvalue weighted by atomic mass is 9.80. The SMILES string of the molecule is CC(C)(C)S/N=C/c1cc(C(C)(C)C)cc(C(C)(C)C)c1. The van der Waals surface area contributed by atoms with E-state index in [-0.39, 0.29) is 15.6 Å². The summed E-state index contributed by atoms with van der Waals surface area (Å²) < 4.78 is 4.71. The van der Waals surface area contributed by atoms with E-state index in [1.54, 1.807) is 11.9 Å². The van der Waals surface area contributed by atoms with Crippen LogP contribution < -0.4 is 0 Å². The third kappa shape index (κ3) is 6.25. The van der Waals surface area contributed by atoms with Gasteiger partial charge in [0.2, 0.25) is 0 Å². The average Bonchev–Trinajstić information content (AvgIpc) is 2.24. The van der Waals surface area contributed by atoms with Crippen LogP contribution in [0, 0.1) is 0 Å². The molecule has 2 heteroatoms. The van der Waals surface area contributed by atoms with Crippen LogP contribution in [0.25, 0.3) is 0 Å². The predicted octanol–water partition coefficient (Wildman–Crippen LogP) is 6.15. The molecule has 0 aliphatic rings. The summed E-state index contributed by atoms with van der Waals surface area (Å²) in [6, 6.07) is 6.87. The lowest BCUT2D eigenvalue weighted by molar-refractivity contribution is 0.568. The smallest absolute Gasteiger partial charge is 0.0424 e. The third-order valence-electron chi connectivity index (χ3n) is 3.22. The molecule has 0 saturated heterocycles. The Balaban J connectivity index is 3.20. The molecule has 0 fully saturated rings. The van der Waals surface area contributed by atoms with Gasteiger partial charge >= 0.3 is 0 Å². The monoisotopic (exact) mass is 305 g/mol. The normalized spacial score (nSPS) is 14.0. The number of rotatable bonds is 2. The van der Waals surface area contributed by atoms with Gasteiger partial charge in [-0.25, -0.2) is 4.40 Å². The highest BCUT2D eigenvalue weighted by molar-refractivity contribution is 7.99. The van der Waals surface area contributed by atoms with Gasteiger partial charge in [0, 0.05) is 11.0 Å². The second-order valence-corrected chi connectivity index (χ2v) is 10.4. The minimum absolute atomic E-state index is 0.154. The fraction of sp³-hybridized carbons (Fsp3) is 0.632. The number of benzene rings is 1. The van der Waals surface area contributed by atoms with E-state index in [2.05, 4.69) is 84.9 Å². The first-order chi connectivity index (χ1) is 9.29. The van der Waals surface area contributed by atoms with Crippen LogP contribution in [0.2, 0.25) is 0 Å². The van der Waals surface area contributed by atoms with Crippen molar-refractivity contribution in [1.82, 2.24) is 0 Å². The van der Waals surface area contributed by atoms with Crippen molar-refractivity contribution in [2.24, 2.45) is 4.40 Å². The van der Waals surface area contributed by atoms with Crippen molar-refractivity contribution in [2.45, 2.75) is 77.9 Å². The molecule has 0 spiro atoms. The van der Waals surface area contributed by atoms with E-state index in [1.165, 1.54) is 16.7 Å². The van der Waals surface area contributed by atoms with Crippen molar-refractivity contribution in [1.29, 1.82) is 0 Å². The van der Waals surface area contributed by atoms with E-state index in [0.717, 1.165) is 0 Å². The van der Waals surface area contributed by atoms with E-state index in [4.69, 9.17) is 0 Å². The van der Waals surface area contributed by atoms with Gasteiger partial charge in [-0.1, -0.05) is 47.6 Å². The molecule has 0 aliphatic heterocycles. The molecule has 0 aliphatic carbocycles. The lowest BCUT2D eigenvalue weighted by Gasteiger charge is -2.25. The molecule has 0 bridgehead atoms. The van der Waals surface area contributed by atoms with Gasteiger partial charge in [0.15, 0.2) is 0 Å². The van der Waals surface area contributed by atoms with Gasteiger partial charge in [-0.05, 0) is 72.4 Å². The van der Waals surface area contributed by atoms with Crippen molar-refractivity contribution in [3.8, 4) is 0 Å². The Labute approximate surface area is 135 Å². The zero-order chi connectivity index (χ0) is 16.5. The highest BCUT2D eigenvalue weighted by Crippen LogP contribution is 2.30. The predicted molar refractivity (Wildman–Crippen MR) is 98.8 cm³/mol. The molecule has 0 radical (unpaired) electrons. The number of nitrogens with zero attached hydrogens (tertiary/aromatic N) is 1. The molecular weight excluding hydrogens is 274 g/mol. The fourth-order valence-corrected chi connectivity index (χ4v) is 2.33. The summed E-state index contributed by atoms with van der Waals surface area (Å²) in [7, 11) is 0. The van der Waals surface area contributed by atoms with Gasteiger partial charge in [-0.3, -0.25) is 0 Å². The zero-order valence-corrected chi connectivity index (χ0v) is 16.0. The minimum Gasteiger partial charge on any atom is -0.223 e. The van der Waals surface area contributed by atoms with E-state index in [1.807, 2.05) is 6.21 Å². The molecule has 1 aromatic rings. The maximum absolute atomic E-state index is 4.55. The summed E-state index contributed by atoms with van der Waals surface area (Å²) in [5, 5.41) is 0. The van der Waals surface area contributed by atoms with Crippen LogP contribution in [0.4, 0.5) is 0 Å². The van der Waals surface area contributed by atoms with Crippen molar-refractivity contribution >= 4 is 18.2 Å². The largest absolute Gasteiger partial charge is 0.223 e. The first-order valence-corrected chi connectivity index (χ1v) is 8.44. The summed E-state index contributed by atoms with van der Waals surface area (Å²) in [6.45, 7) is 20.1. The molecule has 0 aromatic heterocycles. The number of hydrogen-bond acceptors (Lipinski definition) is 2. The molecule has 0 saturated carbocycles. The second kappa shape index (κ2) is 6.16. The van der Waals surface area contributed by atoms with Gasteiger partial charge in [0.1, 0.15) is 0 Å². The molecule has 1 nitrogen and oxygen atoms in total. The first kappa shape index (κ1) is 18.3. The third-order valence-corrected chi connectivity index (χ3v) is 3.97. The molecule has 21 heavy (non-hydrogen) atoms. The fourth-order valence-electron chi connectivity index (χ4n) is 1.84. The maximum Gasteiger partial charge on any atom is 0.0424 e. The van der Waals surface area contributed by atoms with E-state index in [0.29, 0.717) is 0 Å². The Morgan fingerprint density at radius 3 is 1.52 bits per heavy atom. The standard InChI is InChI=1S/C19H31NS/c1-17(2,3)15-10-14(13-20-21-19(7,8)9)11-16(12-15)18(4,5)6/h10-13H,1-9H3/b20-13+. The highest BCUT2D eigenvalue weighted by atomic mass is 32.2. The topological polar surface area (TPSA) is 12.4 Å². The molecule has 0 unspecified atom stereocenters. The Morgan fingerprint density at radius 2 is 1.19 bits per heavy atom. The van der Waals surface area contributed by atoms with E-state index < -0.39 is 0 Å². The van der Waals surface area contributed by atoms with Crippen LogP contribution in [-0.4, -0.2) is 11.0 Å². The van der Waals surface area contributed by atoms with E-state index >= 15 is 0 Å². The van der Waals surface area contributed by atoms with Gasteiger partial charge in [0.25, 0.3) is 0 Å². The quantitative estimate of drug-likeness (QED) is 0.471. The molecular formula is C19H31NS. The Hall–Kier alpha value is -0.760. The summed E-state index contributed by atoms with van der Waals surface area (Å²) in [5.41, 5.74) is 4.25. The molecule has 0 amide bonds. The zero-order valence-electron chi connectivity index (χ0n) is 15.2. The van der Waals surface area contributed by atoms with Crippen LogP contribution in [0.1, 0.15) is 79.0 Å². The Bertz CT molecular complexity index is 476. The van der Waals surface area contributed by atoms with E-state index in [9.17, 15) is 0 Å². The van der Waals surface area contributed by atoms with Gasteiger partial charge in [0.05, 0.1) is 0 Å². The Morgan fingerprint density at radius 1 is 0.762 bits per heavy atom. The minimum atomic E-state index is 0.154. The van der Waals surface area contributed by atoms with Crippen LogP contribution in [0.3, 0.4) is 0 Å². The van der Waals surface area contributed by atoms with Crippen molar-refractivity contribution in [3.63, 3.8) is 0 Å². The van der Waals surface area contributed by atoms with Crippen molar-refractivity contribution in [2.75, 3.05) is 0 Å². The van der Waals surface area contributed by atoms with Crippen molar-refractivity contribution in [3.05, 3.63) is 34.9 Å². The average molecular weight is 306 g/mol. The summed E-state index contributed by atoms with van der Waals surface area (Å²) in [5.74, 6) is 0. The van der Waals surface area contributed by atoms with Gasteiger partial charge in [-0.15, -0.1) is 0 Å². The highest BCUT2D eigenvalue weighted by Gasteiger charge is 2.20. The van der Waals surface area contributed by atoms with Crippen LogP contribution in [0.15, 0.2) is 22.6 Å². The van der Waals surface area contributed by atoms with Gasteiger partial charge < -0.3 is 0 Å². The van der Waals surface area contributed by atoms with Crippen LogP contribution >= 0.6 is 11.9 Å². The lowest BCUT2D eigenvalue weighted by Crippen LogP contribution is -2.17. The molecule has 1 rings (SSSR count). The Kier molecular flexibility index (Phi) is 5.36. The van der Waals surface area contributed by atoms with Crippen molar-refractivity contribution < 1.29 is 0 Å². The second-order valence-electron chi connectivity index (χ2n) is 8.78. The summed E-state index contributed by atoms with van der Waals surface area (Å²) in [6.07, 6.45) is 2.00. The number of hydrogen-bond donors (Lipinski definition) is 0. The molecule has 0 N–H and O–H groups in total. The molecule has 0 heterocycles. The molecule has 118 valence electrons.